The number of piperidine rings is 1. The van der Waals surface area contributed by atoms with Gasteiger partial charge >= 0.3 is 6.18 Å². The number of fused-ring (bicyclic) bond motifs is 1. The summed E-state index contributed by atoms with van der Waals surface area (Å²) < 4.78 is 60.6. The molecule has 1 aliphatic heterocycles. The van der Waals surface area contributed by atoms with Crippen molar-refractivity contribution >= 4 is 22.6 Å². The van der Waals surface area contributed by atoms with E-state index in [1.807, 2.05) is 0 Å². The first-order valence-electron chi connectivity index (χ1n) is 11.1. The maximum atomic E-state index is 15.3. The van der Waals surface area contributed by atoms with Gasteiger partial charge in [-0.25, -0.2) is 14.4 Å². The zero-order valence-corrected chi connectivity index (χ0v) is 18.9. The number of aliphatic hydroxyl groups excluding tert-OH is 1. The monoisotopic (exact) mass is 503 g/mol. The number of hydrogen-bond donors (Lipinski definition) is 3. The van der Waals surface area contributed by atoms with Gasteiger partial charge in [-0.05, 0) is 18.6 Å². The number of rotatable bonds is 5. The van der Waals surface area contributed by atoms with Gasteiger partial charge in [0.2, 0.25) is 0 Å². The van der Waals surface area contributed by atoms with E-state index in [1.54, 1.807) is 4.90 Å². The third-order valence-corrected chi connectivity index (χ3v) is 6.26. The number of β-amino-alcohol motifs (C(OH)–C–C–N with tert-alkyl or cyclic N) is 1. The van der Waals surface area contributed by atoms with E-state index in [0.29, 0.717) is 13.0 Å². The lowest BCUT2D eigenvalue weighted by atomic mass is 9.99. The fraction of sp³-hybridized carbons (Fsp3) is 0.292. The van der Waals surface area contributed by atoms with Crippen molar-refractivity contribution in [1.82, 2.24) is 19.9 Å². The topological polar surface area (TPSA) is 107 Å². The number of anilines is 1. The lowest BCUT2D eigenvalue weighted by molar-refractivity contribution is -0.137. The Kier molecular flexibility index (Phi) is 6.00. The highest BCUT2D eigenvalue weighted by Gasteiger charge is 2.35. The zero-order chi connectivity index (χ0) is 25.6. The van der Waals surface area contributed by atoms with E-state index in [1.165, 1.54) is 37.7 Å². The van der Waals surface area contributed by atoms with Gasteiger partial charge in [-0.2, -0.15) is 13.2 Å². The van der Waals surface area contributed by atoms with Crippen LogP contribution >= 0.6 is 0 Å². The Morgan fingerprint density at radius 3 is 2.78 bits per heavy atom. The van der Waals surface area contributed by atoms with E-state index >= 15 is 4.39 Å². The minimum atomic E-state index is -4.68. The van der Waals surface area contributed by atoms with Gasteiger partial charge in [-0.1, -0.05) is 18.2 Å². The summed E-state index contributed by atoms with van der Waals surface area (Å²) in [5.41, 5.74) is -0.916. The lowest BCUT2D eigenvalue weighted by Gasteiger charge is -2.35. The Balaban J connectivity index is 1.44. The molecule has 0 amide bonds. The molecule has 1 aromatic carbocycles. The highest BCUT2D eigenvalue weighted by atomic mass is 19.4. The number of hydrogen-bond acceptors (Lipinski definition) is 6. The molecule has 0 spiro atoms. The number of H-pyrrole nitrogens is 2. The number of carbonyl (C=O) groups is 1. The summed E-state index contributed by atoms with van der Waals surface area (Å²) in [5, 5.41) is 10.2. The molecule has 1 fully saturated rings. The lowest BCUT2D eigenvalue weighted by Crippen LogP contribution is -2.48. The van der Waals surface area contributed by atoms with Crippen molar-refractivity contribution in [3.05, 3.63) is 65.2 Å². The molecule has 36 heavy (non-hydrogen) atoms. The smallest absolute Gasteiger partial charge is 0.389 e. The van der Waals surface area contributed by atoms with Crippen molar-refractivity contribution < 1.29 is 32.2 Å². The fourth-order valence-electron chi connectivity index (χ4n) is 4.41. The molecule has 3 aromatic heterocycles. The summed E-state index contributed by atoms with van der Waals surface area (Å²) in [6, 6.07) is 5.90. The second kappa shape index (κ2) is 9.03. The number of aromatic amines is 2. The number of imidazole rings is 1. The van der Waals surface area contributed by atoms with Crippen LogP contribution in [0.4, 0.5) is 23.4 Å². The van der Waals surface area contributed by atoms with Crippen LogP contribution in [0.2, 0.25) is 0 Å². The first-order chi connectivity index (χ1) is 17.2. The van der Waals surface area contributed by atoms with Crippen LogP contribution < -0.4 is 4.90 Å². The molecule has 1 saturated heterocycles. The molecular formula is C24H21F4N5O3. The van der Waals surface area contributed by atoms with Gasteiger partial charge < -0.3 is 24.7 Å². The highest BCUT2D eigenvalue weighted by Crippen LogP contribution is 2.33. The molecule has 0 radical (unpaired) electrons. The highest BCUT2D eigenvalue weighted by molar-refractivity contribution is 6.10. The van der Waals surface area contributed by atoms with Crippen LogP contribution in [0.5, 0.6) is 0 Å². The van der Waals surface area contributed by atoms with Crippen LogP contribution in [0.1, 0.15) is 27.9 Å². The second-order valence-corrected chi connectivity index (χ2v) is 8.49. The number of aliphatic hydroxyl groups is 1. The van der Waals surface area contributed by atoms with Gasteiger partial charge in [0.1, 0.15) is 11.0 Å². The van der Waals surface area contributed by atoms with E-state index in [4.69, 9.17) is 4.74 Å². The molecule has 0 aliphatic carbocycles. The average Bonchev–Trinajstić information content (AvgIpc) is 3.51. The molecule has 8 nitrogen and oxygen atoms in total. The first kappa shape index (κ1) is 23.9. The average molecular weight is 503 g/mol. The van der Waals surface area contributed by atoms with Crippen molar-refractivity contribution in [3.63, 3.8) is 0 Å². The minimum Gasteiger partial charge on any atom is -0.389 e. The number of benzene rings is 1. The summed E-state index contributed by atoms with van der Waals surface area (Å²) in [6.45, 7) is 0.587. The first-order valence-corrected chi connectivity index (χ1v) is 11.1. The number of pyridine rings is 1. The van der Waals surface area contributed by atoms with Gasteiger partial charge in [-0.3, -0.25) is 4.79 Å². The van der Waals surface area contributed by atoms with E-state index < -0.39 is 35.0 Å². The van der Waals surface area contributed by atoms with Gasteiger partial charge in [-0.15, -0.1) is 0 Å². The van der Waals surface area contributed by atoms with Crippen LogP contribution in [-0.4, -0.2) is 63.2 Å². The standard InChI is InChI=1S/C24H21F4N5O3/c1-36-18-6-7-33(11-17(18)34)23-19(25)20-16(10-30-23)31-22(32-20)15-8-12(9-29-15)21(35)13-4-2-3-5-14(13)24(26,27)28/h2-5,8-10,17-18,29,34H,6-7,11H2,1H3,(H,31,32)/t17-,18-/m0/s1. The number of ether oxygens (including phenoxy) is 1. The summed E-state index contributed by atoms with van der Waals surface area (Å²) in [5.74, 6) is -1.23. The van der Waals surface area contributed by atoms with Gasteiger partial charge in [0.15, 0.2) is 23.2 Å². The second-order valence-electron chi connectivity index (χ2n) is 8.49. The summed E-state index contributed by atoms with van der Waals surface area (Å²) in [6.07, 6.45) is -2.64. The van der Waals surface area contributed by atoms with Crippen LogP contribution in [0.15, 0.2) is 42.7 Å². The third kappa shape index (κ3) is 4.22. The number of halogens is 4. The Morgan fingerprint density at radius 1 is 1.28 bits per heavy atom. The van der Waals surface area contributed by atoms with Crippen LogP contribution in [0.3, 0.4) is 0 Å². The maximum Gasteiger partial charge on any atom is 0.417 e. The van der Waals surface area contributed by atoms with Crippen LogP contribution in [0.25, 0.3) is 22.6 Å². The summed E-state index contributed by atoms with van der Waals surface area (Å²) in [4.78, 5) is 28.6. The predicted octanol–water partition coefficient (Wildman–Crippen LogP) is 3.93. The number of nitrogens with one attached hydrogen (secondary N) is 2. The van der Waals surface area contributed by atoms with Crippen LogP contribution in [-0.2, 0) is 10.9 Å². The fourth-order valence-corrected chi connectivity index (χ4v) is 4.41. The van der Waals surface area contributed by atoms with E-state index in [-0.39, 0.29) is 46.6 Å². The molecule has 0 saturated carbocycles. The molecule has 12 heteroatoms. The largest absolute Gasteiger partial charge is 0.417 e. The van der Waals surface area contributed by atoms with Gasteiger partial charge in [0, 0.05) is 37.5 Å². The number of alkyl halides is 3. The molecule has 0 unspecified atom stereocenters. The Labute approximate surface area is 201 Å². The SMILES string of the molecule is CO[C@H]1CCN(c2ncc3nc(-c4cc(C(=O)c5ccccc5C(F)(F)F)c[nH]4)[nH]c3c2F)C[C@@H]1O. The number of nitrogens with zero attached hydrogens (tertiary/aromatic N) is 3. The molecule has 4 heterocycles. The Morgan fingerprint density at radius 2 is 2.06 bits per heavy atom. The Bertz CT molecular complexity index is 1430. The minimum absolute atomic E-state index is 0.00329. The molecule has 4 aromatic rings. The van der Waals surface area contributed by atoms with E-state index in [2.05, 4.69) is 19.9 Å². The molecule has 1 aliphatic rings. The number of aromatic nitrogens is 4. The summed E-state index contributed by atoms with van der Waals surface area (Å²) >= 11 is 0. The van der Waals surface area contributed by atoms with E-state index in [9.17, 15) is 23.1 Å². The van der Waals surface area contributed by atoms with Crippen molar-refractivity contribution in [1.29, 1.82) is 0 Å². The maximum absolute atomic E-state index is 15.3. The molecule has 2 atom stereocenters. The van der Waals surface area contributed by atoms with E-state index in [0.717, 1.165) is 12.1 Å². The molecule has 188 valence electrons. The zero-order valence-electron chi connectivity index (χ0n) is 18.9. The van der Waals surface area contributed by atoms with Crippen molar-refractivity contribution in [2.45, 2.75) is 24.8 Å². The normalized spacial score (nSPS) is 18.7. The molecule has 5 rings (SSSR count). The van der Waals surface area contributed by atoms with Crippen LogP contribution in [0, 0.1) is 5.82 Å². The van der Waals surface area contributed by atoms with Crippen molar-refractivity contribution in [3.8, 4) is 11.5 Å². The number of carbonyl (C=O) groups excluding carboxylic acids is 1. The quantitative estimate of drug-likeness (QED) is 0.282. The Hall–Kier alpha value is -3.77. The number of ketones is 1. The molecule has 0 bridgehead atoms. The van der Waals surface area contributed by atoms with Gasteiger partial charge in [0.25, 0.3) is 0 Å². The molecular weight excluding hydrogens is 482 g/mol. The van der Waals surface area contributed by atoms with Crippen molar-refractivity contribution in [2.24, 2.45) is 0 Å². The molecule has 3 N–H and O–H groups in total. The number of methoxy groups -OCH3 is 1. The third-order valence-electron chi connectivity index (χ3n) is 6.26. The summed E-state index contributed by atoms with van der Waals surface area (Å²) in [7, 11) is 1.51. The predicted molar refractivity (Wildman–Crippen MR) is 122 cm³/mol. The van der Waals surface area contributed by atoms with Crippen molar-refractivity contribution in [2.75, 3.05) is 25.1 Å². The van der Waals surface area contributed by atoms with Gasteiger partial charge in [0.05, 0.1) is 29.7 Å².